The van der Waals surface area contributed by atoms with Gasteiger partial charge in [-0.2, -0.15) is 0 Å². The van der Waals surface area contributed by atoms with E-state index in [2.05, 4.69) is 15.5 Å². The summed E-state index contributed by atoms with van der Waals surface area (Å²) in [5.41, 5.74) is 2.40. The van der Waals surface area contributed by atoms with Crippen molar-refractivity contribution in [3.8, 4) is 5.75 Å². The lowest BCUT2D eigenvalue weighted by molar-refractivity contribution is -0.124. The van der Waals surface area contributed by atoms with Crippen LogP contribution in [0.2, 0.25) is 0 Å². The maximum absolute atomic E-state index is 13.5. The van der Waals surface area contributed by atoms with Gasteiger partial charge in [0.15, 0.2) is 0 Å². The number of carbonyl (C=O) groups excluding carboxylic acids is 2. The number of benzene rings is 3. The van der Waals surface area contributed by atoms with Gasteiger partial charge in [-0.25, -0.2) is 0 Å². The zero-order valence-corrected chi connectivity index (χ0v) is 19.4. The molecular weight excluding hydrogens is 426 g/mol. The summed E-state index contributed by atoms with van der Waals surface area (Å²) in [7, 11) is 0. The molecule has 1 heterocycles. The minimum absolute atomic E-state index is 0.0391. The number of anilines is 2. The Bertz CT molecular complexity index is 1080. The Balaban J connectivity index is 1.46. The van der Waals surface area contributed by atoms with Crippen LogP contribution in [0.1, 0.15) is 31.4 Å². The van der Waals surface area contributed by atoms with E-state index >= 15 is 0 Å². The Morgan fingerprint density at radius 3 is 2.18 bits per heavy atom. The van der Waals surface area contributed by atoms with Gasteiger partial charge in [-0.15, -0.1) is 0 Å². The Labute approximate surface area is 200 Å². The van der Waals surface area contributed by atoms with E-state index < -0.39 is 6.04 Å². The number of nitrogens with one attached hydrogen (secondary N) is 2. The maximum Gasteiger partial charge on any atom is 0.246 e. The molecule has 176 valence electrons. The molecule has 4 rings (SSSR count). The fourth-order valence-electron chi connectivity index (χ4n) is 4.40. The Morgan fingerprint density at radius 2 is 1.50 bits per heavy atom. The molecule has 1 unspecified atom stereocenters. The average molecular weight is 458 g/mol. The van der Waals surface area contributed by atoms with Crippen molar-refractivity contribution >= 4 is 23.2 Å². The minimum Gasteiger partial charge on any atom is -0.492 e. The summed E-state index contributed by atoms with van der Waals surface area (Å²) in [6, 6.07) is 26.4. The Hall–Kier alpha value is -3.64. The van der Waals surface area contributed by atoms with Gasteiger partial charge in [-0.1, -0.05) is 60.7 Å². The van der Waals surface area contributed by atoms with Gasteiger partial charge in [0, 0.05) is 11.6 Å². The van der Waals surface area contributed by atoms with Crippen molar-refractivity contribution < 1.29 is 14.3 Å². The van der Waals surface area contributed by atoms with Gasteiger partial charge in [-0.3, -0.25) is 14.5 Å². The second kappa shape index (κ2) is 11.5. The van der Waals surface area contributed by atoms with Crippen molar-refractivity contribution in [2.45, 2.75) is 25.8 Å². The van der Waals surface area contributed by atoms with Gasteiger partial charge < -0.3 is 15.4 Å². The van der Waals surface area contributed by atoms with Crippen LogP contribution in [-0.4, -0.2) is 36.4 Å². The molecule has 2 N–H and O–H groups in total. The van der Waals surface area contributed by atoms with Gasteiger partial charge in [0.25, 0.3) is 0 Å². The number of hydrogen-bond donors (Lipinski definition) is 2. The smallest absolute Gasteiger partial charge is 0.246 e. The second-order valence-electron chi connectivity index (χ2n) is 8.40. The lowest BCUT2D eigenvalue weighted by atomic mass is 9.93. The number of hydrogen-bond acceptors (Lipinski definition) is 4. The molecule has 2 amide bonds. The van der Waals surface area contributed by atoms with Crippen LogP contribution in [0.4, 0.5) is 11.4 Å². The van der Waals surface area contributed by atoms with Gasteiger partial charge in [0.05, 0.1) is 12.3 Å². The molecule has 3 aromatic carbocycles. The molecular formula is C28H31N3O3. The second-order valence-corrected chi connectivity index (χ2v) is 8.40. The average Bonchev–Trinajstić information content (AvgIpc) is 2.87. The van der Waals surface area contributed by atoms with Crippen molar-refractivity contribution in [3.05, 3.63) is 90.5 Å². The van der Waals surface area contributed by atoms with Crippen LogP contribution in [-0.2, 0) is 9.59 Å². The number of para-hydroxylation sites is 3. The number of nitrogens with zero attached hydrogens (tertiary/aromatic N) is 1. The van der Waals surface area contributed by atoms with Crippen molar-refractivity contribution in [1.29, 1.82) is 0 Å². The third kappa shape index (κ3) is 5.83. The lowest BCUT2D eigenvalue weighted by Gasteiger charge is -2.36. The predicted molar refractivity (Wildman–Crippen MR) is 135 cm³/mol. The lowest BCUT2D eigenvalue weighted by Crippen LogP contribution is -2.44. The van der Waals surface area contributed by atoms with E-state index in [0.29, 0.717) is 44.0 Å². The first-order valence-electron chi connectivity index (χ1n) is 11.8. The molecule has 0 saturated carbocycles. The van der Waals surface area contributed by atoms with Gasteiger partial charge in [0.2, 0.25) is 11.8 Å². The number of amides is 2. The van der Waals surface area contributed by atoms with Crippen LogP contribution in [0.5, 0.6) is 5.75 Å². The summed E-state index contributed by atoms with van der Waals surface area (Å²) in [4.78, 5) is 28.5. The predicted octanol–water partition coefficient (Wildman–Crippen LogP) is 5.12. The fourth-order valence-corrected chi connectivity index (χ4v) is 4.40. The SMILES string of the molecule is CCOc1ccccc1NC(=O)C(c1ccccc1)N1CCC(C(=O)Nc2ccccc2)CC1. The monoisotopic (exact) mass is 457 g/mol. The molecule has 6 nitrogen and oxygen atoms in total. The van der Waals surface area contributed by atoms with Crippen molar-refractivity contribution in [2.24, 2.45) is 5.92 Å². The molecule has 0 bridgehead atoms. The molecule has 1 aliphatic rings. The van der Waals surface area contributed by atoms with Crippen LogP contribution in [0, 0.1) is 5.92 Å². The van der Waals surface area contributed by atoms with E-state index in [1.807, 2.05) is 91.9 Å². The summed E-state index contributed by atoms with van der Waals surface area (Å²) < 4.78 is 5.69. The molecule has 1 saturated heterocycles. The summed E-state index contributed by atoms with van der Waals surface area (Å²) in [5, 5.41) is 6.08. The molecule has 1 fully saturated rings. The van der Waals surface area contributed by atoms with E-state index in [1.54, 1.807) is 0 Å². The van der Waals surface area contributed by atoms with Crippen LogP contribution in [0.15, 0.2) is 84.9 Å². The highest BCUT2D eigenvalue weighted by atomic mass is 16.5. The first-order chi connectivity index (χ1) is 16.7. The number of rotatable bonds is 8. The molecule has 0 spiro atoms. The highest BCUT2D eigenvalue weighted by Crippen LogP contribution is 2.31. The van der Waals surface area contributed by atoms with Gasteiger partial charge in [-0.05, 0) is 62.7 Å². The van der Waals surface area contributed by atoms with Crippen LogP contribution < -0.4 is 15.4 Å². The third-order valence-electron chi connectivity index (χ3n) is 6.12. The molecule has 3 aromatic rings. The zero-order chi connectivity index (χ0) is 23.8. The standard InChI is InChI=1S/C28H31N3O3/c1-2-34-25-16-10-9-15-24(25)30-28(33)26(21-11-5-3-6-12-21)31-19-17-22(18-20-31)27(32)29-23-13-7-4-8-14-23/h3-16,22,26H,2,17-20H2,1H3,(H,29,32)(H,30,33). The van der Waals surface area contributed by atoms with Crippen LogP contribution in [0.25, 0.3) is 0 Å². The quantitative estimate of drug-likeness (QED) is 0.493. The zero-order valence-electron chi connectivity index (χ0n) is 19.4. The van der Waals surface area contributed by atoms with E-state index in [-0.39, 0.29) is 17.7 Å². The summed E-state index contributed by atoms with van der Waals surface area (Å²) >= 11 is 0. The Morgan fingerprint density at radius 1 is 0.882 bits per heavy atom. The molecule has 0 aliphatic carbocycles. The Kier molecular flexibility index (Phi) is 7.94. The summed E-state index contributed by atoms with van der Waals surface area (Å²) in [6.07, 6.45) is 1.40. The minimum atomic E-state index is -0.450. The van der Waals surface area contributed by atoms with Gasteiger partial charge in [0.1, 0.15) is 11.8 Å². The summed E-state index contributed by atoms with van der Waals surface area (Å²) in [6.45, 7) is 3.76. The fraction of sp³-hybridized carbons (Fsp3) is 0.286. The van der Waals surface area contributed by atoms with E-state index in [1.165, 1.54) is 0 Å². The summed E-state index contributed by atoms with van der Waals surface area (Å²) in [5.74, 6) is 0.513. The van der Waals surface area contributed by atoms with Gasteiger partial charge >= 0.3 is 0 Å². The number of ether oxygens (including phenoxy) is 1. The van der Waals surface area contributed by atoms with Crippen molar-refractivity contribution in [3.63, 3.8) is 0 Å². The first kappa shape index (κ1) is 23.5. The highest BCUT2D eigenvalue weighted by Gasteiger charge is 2.33. The normalized spacial score (nSPS) is 15.3. The van der Waals surface area contributed by atoms with E-state index in [4.69, 9.17) is 4.74 Å². The van der Waals surface area contributed by atoms with Crippen LogP contribution in [0.3, 0.4) is 0 Å². The number of likely N-dealkylation sites (tertiary alicyclic amines) is 1. The largest absolute Gasteiger partial charge is 0.492 e. The first-order valence-corrected chi connectivity index (χ1v) is 11.8. The topological polar surface area (TPSA) is 70.7 Å². The number of piperidine rings is 1. The molecule has 0 aromatic heterocycles. The molecule has 6 heteroatoms. The van der Waals surface area contributed by atoms with E-state index in [0.717, 1.165) is 11.3 Å². The molecule has 1 atom stereocenters. The van der Waals surface area contributed by atoms with Crippen molar-refractivity contribution in [1.82, 2.24) is 4.90 Å². The van der Waals surface area contributed by atoms with Crippen molar-refractivity contribution in [2.75, 3.05) is 30.3 Å². The number of carbonyl (C=O) groups is 2. The van der Waals surface area contributed by atoms with Crippen LogP contribution >= 0.6 is 0 Å². The molecule has 0 radical (unpaired) electrons. The molecule has 1 aliphatic heterocycles. The maximum atomic E-state index is 13.5. The third-order valence-corrected chi connectivity index (χ3v) is 6.12. The highest BCUT2D eigenvalue weighted by molar-refractivity contribution is 5.97. The molecule has 34 heavy (non-hydrogen) atoms. The van der Waals surface area contributed by atoms with E-state index in [9.17, 15) is 9.59 Å².